The highest BCUT2D eigenvalue weighted by Gasteiger charge is 2.02. The van der Waals surface area contributed by atoms with Gasteiger partial charge >= 0.3 is 0 Å². The van der Waals surface area contributed by atoms with Gasteiger partial charge in [0.1, 0.15) is 10.7 Å². The Hall–Kier alpha value is -3.75. The van der Waals surface area contributed by atoms with Gasteiger partial charge in [-0.25, -0.2) is 5.43 Å². The number of rotatable bonds is 7. The first-order valence-electron chi connectivity index (χ1n) is 9.77. The van der Waals surface area contributed by atoms with Crippen LogP contribution in [0.4, 0.5) is 0 Å². The number of aromatic amines is 2. The van der Waals surface area contributed by atoms with Gasteiger partial charge in [0.05, 0.1) is 6.54 Å². The van der Waals surface area contributed by atoms with Gasteiger partial charge in [0.2, 0.25) is 5.91 Å². The number of nitrogens with one attached hydrogen (secondary N) is 4. The van der Waals surface area contributed by atoms with Crippen molar-refractivity contribution in [2.45, 2.75) is 6.54 Å². The quantitative estimate of drug-likeness (QED) is 0.383. The third-order valence-electron chi connectivity index (χ3n) is 4.37. The molecular formula is C23H25N5O3. The van der Waals surface area contributed by atoms with Gasteiger partial charge in [-0.3, -0.25) is 19.8 Å². The van der Waals surface area contributed by atoms with Gasteiger partial charge in [-0.2, -0.15) is 0 Å². The number of carbonyl (C=O) groups is 1. The lowest BCUT2D eigenvalue weighted by molar-refractivity contribution is -0.122. The summed E-state index contributed by atoms with van der Waals surface area (Å²) in [6.07, 6.45) is 3.24. The van der Waals surface area contributed by atoms with Crippen LogP contribution < -0.4 is 32.7 Å². The highest BCUT2D eigenvalue weighted by molar-refractivity contribution is 5.77. The molecule has 3 rings (SSSR count). The minimum atomic E-state index is -0.379. The van der Waals surface area contributed by atoms with Gasteiger partial charge < -0.3 is 14.9 Å². The summed E-state index contributed by atoms with van der Waals surface area (Å²) in [5.41, 5.74) is 7.30. The topological polar surface area (TPSA) is 110 Å². The van der Waals surface area contributed by atoms with Crippen molar-refractivity contribution in [1.29, 1.82) is 0 Å². The van der Waals surface area contributed by atoms with Crippen LogP contribution in [0, 0.1) is 0 Å². The van der Waals surface area contributed by atoms with E-state index in [1.165, 1.54) is 0 Å². The summed E-state index contributed by atoms with van der Waals surface area (Å²) in [5.74, 6) is -0.119. The number of H-pyrrole nitrogens is 2. The van der Waals surface area contributed by atoms with Crippen molar-refractivity contribution in [2.75, 3.05) is 20.6 Å². The van der Waals surface area contributed by atoms with Crippen LogP contribution in [0.25, 0.3) is 12.2 Å². The Balaban J connectivity index is 1.73. The molecule has 0 unspecified atom stereocenters. The van der Waals surface area contributed by atoms with Crippen molar-refractivity contribution in [3.8, 4) is 0 Å². The summed E-state index contributed by atoms with van der Waals surface area (Å²) in [6, 6.07) is 16.7. The van der Waals surface area contributed by atoms with Gasteiger partial charge in [-0.15, -0.1) is 0 Å². The average molecular weight is 419 g/mol. The summed E-state index contributed by atoms with van der Waals surface area (Å²) in [7, 11) is 3.64. The number of hydrogen-bond donors (Lipinski definition) is 4. The molecule has 31 heavy (non-hydrogen) atoms. The third kappa shape index (κ3) is 6.63. The summed E-state index contributed by atoms with van der Waals surface area (Å²) < 4.78 is 0. The maximum Gasteiger partial charge on any atom is 0.272 e. The third-order valence-corrected chi connectivity index (χ3v) is 4.37. The maximum absolute atomic E-state index is 12.4. The van der Waals surface area contributed by atoms with E-state index in [1.54, 1.807) is 17.1 Å². The van der Waals surface area contributed by atoms with E-state index in [0.29, 0.717) is 13.1 Å². The Bertz CT molecular complexity index is 1260. The number of benzene rings is 2. The molecule has 0 aliphatic heterocycles. The van der Waals surface area contributed by atoms with Crippen LogP contribution in [0.2, 0.25) is 0 Å². The van der Waals surface area contributed by atoms with E-state index >= 15 is 0 Å². The molecule has 0 saturated heterocycles. The molecule has 0 aliphatic rings. The lowest BCUT2D eigenvalue weighted by Crippen LogP contribution is -2.46. The fraction of sp³-hybridized carbons (Fsp3) is 0.174. The number of hydrogen-bond acceptors (Lipinski definition) is 5. The molecule has 160 valence electrons. The van der Waals surface area contributed by atoms with Crippen molar-refractivity contribution in [1.82, 2.24) is 25.7 Å². The molecule has 0 radical (unpaired) electrons. The van der Waals surface area contributed by atoms with Crippen molar-refractivity contribution in [3.05, 3.63) is 103 Å². The van der Waals surface area contributed by atoms with E-state index in [-0.39, 0.29) is 27.7 Å². The largest absolute Gasteiger partial charge is 0.316 e. The molecular weight excluding hydrogens is 394 g/mol. The SMILES string of the molecule is CN(C)CC(=O)NNCc1ccc(/C=c2\[nH]c(=O)/c(=C/c3ccccc3)[nH]c2=O)cc1. The predicted molar refractivity (Wildman–Crippen MR) is 120 cm³/mol. The van der Waals surface area contributed by atoms with Crippen LogP contribution >= 0.6 is 0 Å². The Morgan fingerprint density at radius 3 is 1.97 bits per heavy atom. The summed E-state index contributed by atoms with van der Waals surface area (Å²) >= 11 is 0. The Labute approximate surface area is 178 Å². The number of amides is 1. The first-order chi connectivity index (χ1) is 14.9. The van der Waals surface area contributed by atoms with Crippen molar-refractivity contribution >= 4 is 18.1 Å². The van der Waals surface area contributed by atoms with Gasteiger partial charge in [0.15, 0.2) is 0 Å². The molecule has 0 bridgehead atoms. The number of likely N-dealkylation sites (N-methyl/N-ethyl adjacent to an activating group) is 1. The number of carbonyl (C=O) groups excluding carboxylic acids is 1. The minimum absolute atomic E-state index is 0.119. The summed E-state index contributed by atoms with van der Waals surface area (Å²) in [5, 5.41) is 0.378. The van der Waals surface area contributed by atoms with Gasteiger partial charge in [0, 0.05) is 6.54 Å². The average Bonchev–Trinajstić information content (AvgIpc) is 2.73. The van der Waals surface area contributed by atoms with Crippen LogP contribution in [0.15, 0.2) is 64.2 Å². The Morgan fingerprint density at radius 2 is 1.42 bits per heavy atom. The van der Waals surface area contributed by atoms with Crippen molar-refractivity contribution in [3.63, 3.8) is 0 Å². The number of hydrazine groups is 1. The molecule has 1 aromatic heterocycles. The van der Waals surface area contributed by atoms with Crippen molar-refractivity contribution in [2.24, 2.45) is 0 Å². The monoisotopic (exact) mass is 419 g/mol. The first-order valence-corrected chi connectivity index (χ1v) is 9.77. The molecule has 0 fully saturated rings. The second-order valence-corrected chi connectivity index (χ2v) is 7.32. The van der Waals surface area contributed by atoms with Crippen LogP contribution in [0.5, 0.6) is 0 Å². The smallest absolute Gasteiger partial charge is 0.272 e. The van der Waals surface area contributed by atoms with Gasteiger partial charge in [-0.1, -0.05) is 54.6 Å². The van der Waals surface area contributed by atoms with E-state index in [2.05, 4.69) is 20.8 Å². The highest BCUT2D eigenvalue weighted by Crippen LogP contribution is 2.04. The minimum Gasteiger partial charge on any atom is -0.316 e. The first kappa shape index (κ1) is 21.9. The molecule has 1 amide bonds. The van der Waals surface area contributed by atoms with Crippen molar-refractivity contribution < 1.29 is 4.79 Å². The van der Waals surface area contributed by atoms with Crippen LogP contribution in [-0.2, 0) is 11.3 Å². The van der Waals surface area contributed by atoms with Crippen LogP contribution in [0.1, 0.15) is 16.7 Å². The molecule has 0 spiro atoms. The second kappa shape index (κ2) is 10.3. The zero-order valence-corrected chi connectivity index (χ0v) is 17.4. The van der Waals surface area contributed by atoms with E-state index in [4.69, 9.17) is 0 Å². The molecule has 0 saturated carbocycles. The normalized spacial score (nSPS) is 12.4. The van der Waals surface area contributed by atoms with Gasteiger partial charge in [0.25, 0.3) is 11.1 Å². The summed E-state index contributed by atoms with van der Waals surface area (Å²) in [4.78, 5) is 43.4. The molecule has 0 aliphatic carbocycles. The molecule has 3 aromatic rings. The Kier molecular flexibility index (Phi) is 7.31. The Morgan fingerprint density at radius 1 is 0.871 bits per heavy atom. The van der Waals surface area contributed by atoms with Crippen LogP contribution in [0.3, 0.4) is 0 Å². The predicted octanol–water partition coefficient (Wildman–Crippen LogP) is -0.597. The molecule has 8 heteroatoms. The molecule has 8 nitrogen and oxygen atoms in total. The lowest BCUT2D eigenvalue weighted by atomic mass is 10.1. The fourth-order valence-corrected chi connectivity index (χ4v) is 2.88. The zero-order chi connectivity index (χ0) is 22.2. The fourth-order valence-electron chi connectivity index (χ4n) is 2.88. The summed E-state index contributed by atoms with van der Waals surface area (Å²) in [6.45, 7) is 0.760. The van der Waals surface area contributed by atoms with Crippen LogP contribution in [-0.4, -0.2) is 41.4 Å². The van der Waals surface area contributed by atoms with E-state index in [0.717, 1.165) is 16.7 Å². The number of aromatic nitrogens is 2. The van der Waals surface area contributed by atoms with E-state index in [9.17, 15) is 14.4 Å². The molecule has 0 atom stereocenters. The lowest BCUT2D eigenvalue weighted by Gasteiger charge is -2.11. The second-order valence-electron chi connectivity index (χ2n) is 7.32. The molecule has 1 heterocycles. The van der Waals surface area contributed by atoms with E-state index < -0.39 is 0 Å². The van der Waals surface area contributed by atoms with E-state index in [1.807, 2.05) is 68.7 Å². The number of nitrogens with zero attached hydrogens (tertiary/aromatic N) is 1. The van der Waals surface area contributed by atoms with Gasteiger partial charge in [-0.05, 0) is 42.9 Å². The maximum atomic E-state index is 12.4. The molecule has 4 N–H and O–H groups in total. The standard InChI is InChI=1S/C23H25N5O3/c1-28(2)15-21(29)27-24-14-18-10-8-17(9-11-18)13-20-23(31)25-19(22(30)26-20)12-16-6-4-3-5-7-16/h3-13,24H,14-15H2,1-2H3,(H,25,31)(H,26,30)(H,27,29)/b19-12-,20-13-. The molecule has 2 aromatic carbocycles. The highest BCUT2D eigenvalue weighted by atomic mass is 16.2. The zero-order valence-electron chi connectivity index (χ0n) is 17.4.